The molecule has 0 atom stereocenters. The Balaban J connectivity index is 0.980. The summed E-state index contributed by atoms with van der Waals surface area (Å²) >= 11 is 0. The molecule has 3 aromatic rings. The summed E-state index contributed by atoms with van der Waals surface area (Å²) in [6.45, 7) is 2.82. The van der Waals surface area contributed by atoms with Crippen LogP contribution in [0.2, 0.25) is 0 Å². The molecule has 0 radical (unpaired) electrons. The first-order valence-corrected chi connectivity index (χ1v) is 15.9. The van der Waals surface area contributed by atoms with Crippen molar-refractivity contribution in [3.63, 3.8) is 0 Å². The lowest BCUT2D eigenvalue weighted by molar-refractivity contribution is -0.0563. The molecule has 0 unspecified atom stereocenters. The van der Waals surface area contributed by atoms with Gasteiger partial charge in [0.15, 0.2) is 0 Å². The maximum atomic E-state index is 10.5. The summed E-state index contributed by atoms with van der Waals surface area (Å²) in [6, 6.07) is 20.0. The Morgan fingerprint density at radius 1 is 0.535 bits per heavy atom. The standard InChI is InChI=1S/C39H44O4/c40-27-39(28-42-21-2-5-31-8-11-34-14-17-37(34)25-31,29-43-22-3-6-32-9-12-35-15-18-38(35)26-32)19-23-41-20-1-4-30-7-10-33-13-16-36(33)24-30/h1-12,24-26,40H,13-23,27-29H2/b4-1+,5-2+,6-3+. The second-order valence-electron chi connectivity index (χ2n) is 12.3. The maximum Gasteiger partial charge on any atom is 0.0651 e. The highest BCUT2D eigenvalue weighted by Crippen LogP contribution is 2.27. The van der Waals surface area contributed by atoms with E-state index in [9.17, 15) is 5.11 Å². The van der Waals surface area contributed by atoms with Gasteiger partial charge >= 0.3 is 0 Å². The molecule has 4 nitrogen and oxygen atoms in total. The van der Waals surface area contributed by atoms with E-state index in [1.807, 2.05) is 0 Å². The fourth-order valence-corrected chi connectivity index (χ4v) is 5.99. The minimum atomic E-state index is -0.529. The van der Waals surface area contributed by atoms with Gasteiger partial charge in [0.25, 0.3) is 0 Å². The van der Waals surface area contributed by atoms with Crippen molar-refractivity contribution in [2.75, 3.05) is 46.2 Å². The molecule has 0 spiro atoms. The molecule has 0 heterocycles. The molecular weight excluding hydrogens is 532 g/mol. The molecule has 4 heteroatoms. The summed E-state index contributed by atoms with van der Waals surface area (Å²) in [4.78, 5) is 0. The van der Waals surface area contributed by atoms with Crippen LogP contribution in [0.3, 0.4) is 0 Å². The van der Waals surface area contributed by atoms with Crippen molar-refractivity contribution in [2.24, 2.45) is 5.41 Å². The van der Waals surface area contributed by atoms with Crippen molar-refractivity contribution in [3.8, 4) is 0 Å². The second kappa shape index (κ2) is 14.5. The average Bonchev–Trinajstić information content (AvgIpc) is 2.97. The van der Waals surface area contributed by atoms with Gasteiger partial charge in [0.1, 0.15) is 0 Å². The topological polar surface area (TPSA) is 47.9 Å². The van der Waals surface area contributed by atoms with Gasteiger partial charge in [0.2, 0.25) is 0 Å². The third-order valence-electron chi connectivity index (χ3n) is 9.18. The molecule has 3 aromatic carbocycles. The fraction of sp³-hybridized carbons (Fsp3) is 0.385. The van der Waals surface area contributed by atoms with Crippen molar-refractivity contribution in [2.45, 2.75) is 44.9 Å². The third-order valence-corrected chi connectivity index (χ3v) is 9.18. The molecule has 6 rings (SSSR count). The van der Waals surface area contributed by atoms with Gasteiger partial charge in [-0.25, -0.2) is 0 Å². The molecule has 1 N–H and O–H groups in total. The lowest BCUT2D eigenvalue weighted by Gasteiger charge is -2.31. The molecule has 224 valence electrons. The van der Waals surface area contributed by atoms with Gasteiger partial charge in [-0.15, -0.1) is 0 Å². The molecule has 3 aliphatic rings. The molecule has 0 saturated carbocycles. The van der Waals surface area contributed by atoms with Crippen LogP contribution in [0.25, 0.3) is 18.2 Å². The van der Waals surface area contributed by atoms with Crippen LogP contribution in [0.1, 0.15) is 56.5 Å². The molecule has 0 amide bonds. The zero-order chi connectivity index (χ0) is 29.3. The first kappa shape index (κ1) is 29.8. The fourth-order valence-electron chi connectivity index (χ4n) is 5.99. The van der Waals surface area contributed by atoms with Crippen molar-refractivity contribution < 1.29 is 19.3 Å². The van der Waals surface area contributed by atoms with E-state index < -0.39 is 5.41 Å². The monoisotopic (exact) mass is 576 g/mol. The van der Waals surface area contributed by atoms with Crippen molar-refractivity contribution >= 4 is 18.2 Å². The summed E-state index contributed by atoms with van der Waals surface area (Å²) in [5, 5.41) is 10.5. The Labute approximate surface area is 256 Å². The number of ether oxygens (including phenoxy) is 3. The largest absolute Gasteiger partial charge is 0.396 e. The zero-order valence-electron chi connectivity index (χ0n) is 25.2. The number of aliphatic hydroxyl groups excluding tert-OH is 1. The van der Waals surface area contributed by atoms with Gasteiger partial charge in [0.05, 0.1) is 39.6 Å². The van der Waals surface area contributed by atoms with Crippen molar-refractivity contribution in [1.29, 1.82) is 0 Å². The van der Waals surface area contributed by atoms with Crippen LogP contribution in [0.5, 0.6) is 0 Å². The molecular formula is C39H44O4. The average molecular weight is 577 g/mol. The van der Waals surface area contributed by atoms with Crippen LogP contribution in [-0.2, 0) is 52.7 Å². The number of aryl methyl sites for hydroxylation is 6. The molecule has 0 aromatic heterocycles. The second-order valence-corrected chi connectivity index (χ2v) is 12.3. The number of hydrogen-bond donors (Lipinski definition) is 1. The Kier molecular flexibility index (Phi) is 10.0. The highest BCUT2D eigenvalue weighted by atomic mass is 16.5. The highest BCUT2D eigenvalue weighted by Gasteiger charge is 2.30. The minimum absolute atomic E-state index is 0.0234. The summed E-state index contributed by atoms with van der Waals surface area (Å²) < 4.78 is 18.1. The normalized spacial score (nSPS) is 15.3. The van der Waals surface area contributed by atoms with E-state index in [0.29, 0.717) is 46.1 Å². The number of benzene rings is 3. The van der Waals surface area contributed by atoms with E-state index in [0.717, 1.165) is 0 Å². The van der Waals surface area contributed by atoms with E-state index >= 15 is 0 Å². The lowest BCUT2D eigenvalue weighted by Crippen LogP contribution is -2.37. The summed E-state index contributed by atoms with van der Waals surface area (Å²) in [5.41, 5.74) is 11.9. The zero-order valence-corrected chi connectivity index (χ0v) is 25.2. The number of fused-ring (bicyclic) bond motifs is 3. The first-order chi connectivity index (χ1) is 21.2. The molecule has 0 saturated heterocycles. The van der Waals surface area contributed by atoms with Gasteiger partial charge in [-0.05, 0) is 95.0 Å². The lowest BCUT2D eigenvalue weighted by atomic mass is 9.87. The molecule has 0 aliphatic heterocycles. The van der Waals surface area contributed by atoms with Crippen molar-refractivity contribution in [3.05, 3.63) is 123 Å². The van der Waals surface area contributed by atoms with Gasteiger partial charge in [0, 0.05) is 12.0 Å². The minimum Gasteiger partial charge on any atom is -0.396 e. The van der Waals surface area contributed by atoms with E-state index in [2.05, 4.69) is 91.1 Å². The molecule has 43 heavy (non-hydrogen) atoms. The number of aliphatic hydroxyl groups is 1. The third kappa shape index (κ3) is 7.82. The van der Waals surface area contributed by atoms with E-state index in [-0.39, 0.29) is 6.61 Å². The van der Waals surface area contributed by atoms with E-state index in [1.54, 1.807) is 0 Å². The van der Waals surface area contributed by atoms with Crippen LogP contribution in [0, 0.1) is 5.41 Å². The van der Waals surface area contributed by atoms with Crippen LogP contribution in [-0.4, -0.2) is 51.4 Å². The quantitative estimate of drug-likeness (QED) is 0.179. The predicted octanol–water partition coefficient (Wildman–Crippen LogP) is 6.84. The Morgan fingerprint density at radius 3 is 1.28 bits per heavy atom. The van der Waals surface area contributed by atoms with E-state index in [4.69, 9.17) is 14.2 Å². The van der Waals surface area contributed by atoms with Gasteiger partial charge in [-0.3, -0.25) is 0 Å². The summed E-state index contributed by atoms with van der Waals surface area (Å²) in [6.07, 6.45) is 20.3. The Bertz CT molecular complexity index is 1410. The van der Waals surface area contributed by atoms with Gasteiger partial charge < -0.3 is 19.3 Å². The number of rotatable bonds is 17. The van der Waals surface area contributed by atoms with Crippen molar-refractivity contribution in [1.82, 2.24) is 0 Å². The predicted molar refractivity (Wildman–Crippen MR) is 175 cm³/mol. The summed E-state index contributed by atoms with van der Waals surface area (Å²) in [7, 11) is 0. The van der Waals surface area contributed by atoms with Crippen LogP contribution >= 0.6 is 0 Å². The van der Waals surface area contributed by atoms with Crippen LogP contribution in [0.15, 0.2) is 72.8 Å². The smallest absolute Gasteiger partial charge is 0.0651 e. The highest BCUT2D eigenvalue weighted by molar-refractivity contribution is 5.55. The van der Waals surface area contributed by atoms with Gasteiger partial charge in [-0.1, -0.05) is 91.1 Å². The van der Waals surface area contributed by atoms with Crippen LogP contribution in [0.4, 0.5) is 0 Å². The van der Waals surface area contributed by atoms with Gasteiger partial charge in [-0.2, -0.15) is 0 Å². The SMILES string of the molecule is OCC(CCOC/C=C/c1ccc2c(c1)CC2)(COC/C=C/c1ccc2c(c1)CC2)COC/C=C/c1ccc2c(c1)CC2. The maximum absolute atomic E-state index is 10.5. The molecule has 0 bridgehead atoms. The molecule has 0 fully saturated rings. The Hall–Kier alpha value is -3.28. The summed E-state index contributed by atoms with van der Waals surface area (Å²) in [5.74, 6) is 0. The van der Waals surface area contributed by atoms with E-state index in [1.165, 1.54) is 88.6 Å². The Morgan fingerprint density at radius 2 is 0.930 bits per heavy atom. The number of hydrogen-bond acceptors (Lipinski definition) is 4. The molecule has 3 aliphatic carbocycles. The van der Waals surface area contributed by atoms with Crippen LogP contribution < -0.4 is 0 Å². The first-order valence-electron chi connectivity index (χ1n) is 15.9.